The van der Waals surface area contributed by atoms with E-state index in [0.717, 1.165) is 40.1 Å². The Bertz CT molecular complexity index is 1230. The molecule has 1 fully saturated rings. The number of aryl methyl sites for hydroxylation is 1. The number of anilines is 4. The van der Waals surface area contributed by atoms with Crippen LogP contribution in [0.15, 0.2) is 54.9 Å². The first-order valence-corrected chi connectivity index (χ1v) is 11.6. The summed E-state index contributed by atoms with van der Waals surface area (Å²) < 4.78 is 5.88. The van der Waals surface area contributed by atoms with Gasteiger partial charge in [-0.25, -0.2) is 4.98 Å². The first-order valence-electron chi connectivity index (χ1n) is 11.2. The van der Waals surface area contributed by atoms with Gasteiger partial charge in [-0.3, -0.25) is 4.90 Å². The van der Waals surface area contributed by atoms with Crippen LogP contribution < -0.4 is 15.4 Å². The predicted octanol–water partition coefficient (Wildman–Crippen LogP) is 5.88. The number of ether oxygens (including phenoxy) is 1. The first-order chi connectivity index (χ1) is 16.2. The lowest BCUT2D eigenvalue weighted by Gasteiger charge is -2.15. The van der Waals surface area contributed by atoms with Crippen molar-refractivity contribution in [2.75, 3.05) is 36.9 Å². The quantitative estimate of drug-likeness (QED) is 0.303. The normalized spacial score (nSPS) is 14.0. The number of likely N-dealkylation sites (tertiary alicyclic amines) is 1. The van der Waals surface area contributed by atoms with Crippen molar-refractivity contribution in [2.24, 2.45) is 0 Å². The van der Waals surface area contributed by atoms with Crippen molar-refractivity contribution in [2.45, 2.75) is 19.8 Å². The van der Waals surface area contributed by atoms with Crippen LogP contribution in [0.3, 0.4) is 0 Å². The number of aromatic nitrogens is 3. The van der Waals surface area contributed by atoms with Crippen LogP contribution in [-0.2, 0) is 0 Å². The highest BCUT2D eigenvalue weighted by molar-refractivity contribution is 6.37. The number of H-pyrrole nitrogens is 1. The molecule has 0 spiro atoms. The molecule has 0 saturated carbocycles. The summed E-state index contributed by atoms with van der Waals surface area (Å²) in [5, 5.41) is 8.29. The summed E-state index contributed by atoms with van der Waals surface area (Å²) in [4.78, 5) is 14.7. The summed E-state index contributed by atoms with van der Waals surface area (Å²) in [5.41, 5.74) is 3.50. The maximum Gasteiger partial charge on any atom is 0.229 e. The number of rotatable bonds is 8. The third-order valence-corrected chi connectivity index (χ3v) is 6.27. The van der Waals surface area contributed by atoms with Crippen LogP contribution in [0.5, 0.6) is 5.75 Å². The highest BCUT2D eigenvalue weighted by atomic mass is 35.5. The second-order valence-corrected chi connectivity index (χ2v) is 8.64. The zero-order valence-electron chi connectivity index (χ0n) is 18.6. The van der Waals surface area contributed by atoms with Crippen molar-refractivity contribution in [1.29, 1.82) is 0 Å². The van der Waals surface area contributed by atoms with Crippen molar-refractivity contribution >= 4 is 45.6 Å². The van der Waals surface area contributed by atoms with Crippen LogP contribution in [0.2, 0.25) is 5.02 Å². The van der Waals surface area contributed by atoms with Gasteiger partial charge in [0.15, 0.2) is 0 Å². The van der Waals surface area contributed by atoms with Gasteiger partial charge in [-0.05, 0) is 69.3 Å². The van der Waals surface area contributed by atoms with Crippen molar-refractivity contribution < 1.29 is 4.74 Å². The van der Waals surface area contributed by atoms with Gasteiger partial charge in [0.05, 0.1) is 16.2 Å². The van der Waals surface area contributed by atoms with Gasteiger partial charge in [0.25, 0.3) is 0 Å². The topological polar surface area (TPSA) is 78.1 Å². The molecule has 0 aliphatic carbocycles. The van der Waals surface area contributed by atoms with Crippen LogP contribution in [0.25, 0.3) is 10.9 Å². The predicted molar refractivity (Wildman–Crippen MR) is 134 cm³/mol. The molecule has 0 radical (unpaired) electrons. The number of fused-ring (bicyclic) bond motifs is 1. The van der Waals surface area contributed by atoms with E-state index in [1.165, 1.54) is 25.9 Å². The molecule has 0 bridgehead atoms. The SMILES string of the molecule is Cc1cnc(Nc2ccc(OCCN3CCCC3)cc2)nc1Nc1ccc2cc[nH]c2c1Cl. The lowest BCUT2D eigenvalue weighted by Crippen LogP contribution is -2.25. The van der Waals surface area contributed by atoms with E-state index in [0.29, 0.717) is 23.4 Å². The second kappa shape index (κ2) is 9.68. The smallest absolute Gasteiger partial charge is 0.229 e. The van der Waals surface area contributed by atoms with Crippen LogP contribution in [0.1, 0.15) is 18.4 Å². The fourth-order valence-electron chi connectivity index (χ4n) is 4.01. The Kier molecular flexibility index (Phi) is 6.32. The Balaban J connectivity index is 1.23. The molecule has 3 N–H and O–H groups in total. The maximum atomic E-state index is 6.58. The molecule has 33 heavy (non-hydrogen) atoms. The van der Waals surface area contributed by atoms with E-state index in [1.54, 1.807) is 6.20 Å². The van der Waals surface area contributed by atoms with Gasteiger partial charge in [0, 0.05) is 35.6 Å². The van der Waals surface area contributed by atoms with Crippen LogP contribution in [0, 0.1) is 6.92 Å². The van der Waals surface area contributed by atoms with E-state index in [9.17, 15) is 0 Å². The Morgan fingerprint density at radius 3 is 2.70 bits per heavy atom. The number of hydrogen-bond acceptors (Lipinski definition) is 6. The lowest BCUT2D eigenvalue weighted by atomic mass is 10.2. The first kappa shape index (κ1) is 21.6. The Labute approximate surface area is 198 Å². The molecule has 0 unspecified atom stereocenters. The van der Waals surface area contributed by atoms with Gasteiger partial charge in [-0.1, -0.05) is 17.7 Å². The monoisotopic (exact) mass is 462 g/mol. The second-order valence-electron chi connectivity index (χ2n) is 8.27. The van der Waals surface area contributed by atoms with E-state index in [1.807, 2.05) is 55.6 Å². The molecule has 2 aromatic carbocycles. The minimum Gasteiger partial charge on any atom is -0.492 e. The standard InChI is InChI=1S/C25H27ClN6O/c1-17-16-28-25(31-24(17)30-21-9-4-18-10-11-27-23(18)22(21)26)29-19-5-7-20(8-6-19)33-15-14-32-12-2-3-13-32/h4-11,16,27H,2-3,12-15H2,1H3,(H2,28,29,30,31). The van der Waals surface area contributed by atoms with Crippen molar-refractivity contribution in [3.8, 4) is 5.75 Å². The summed E-state index contributed by atoms with van der Waals surface area (Å²) >= 11 is 6.58. The zero-order chi connectivity index (χ0) is 22.6. The maximum absolute atomic E-state index is 6.58. The molecule has 1 aliphatic heterocycles. The number of nitrogens with zero attached hydrogens (tertiary/aromatic N) is 3. The minimum atomic E-state index is 0.503. The molecule has 3 heterocycles. The molecule has 4 aromatic rings. The summed E-state index contributed by atoms with van der Waals surface area (Å²) in [6, 6.07) is 13.8. The Hall–Kier alpha value is -3.29. The fourth-order valence-corrected chi connectivity index (χ4v) is 4.28. The van der Waals surface area contributed by atoms with Crippen molar-refractivity contribution in [3.63, 3.8) is 0 Å². The largest absolute Gasteiger partial charge is 0.492 e. The molecule has 0 amide bonds. The van der Waals surface area contributed by atoms with E-state index in [2.05, 4.69) is 30.5 Å². The van der Waals surface area contributed by atoms with Gasteiger partial charge in [0.1, 0.15) is 18.2 Å². The minimum absolute atomic E-state index is 0.503. The molecule has 5 rings (SSSR count). The number of halogens is 1. The summed E-state index contributed by atoms with van der Waals surface area (Å²) in [6.45, 7) is 6.02. The lowest BCUT2D eigenvalue weighted by molar-refractivity contribution is 0.238. The zero-order valence-corrected chi connectivity index (χ0v) is 19.3. The van der Waals surface area contributed by atoms with Gasteiger partial charge >= 0.3 is 0 Å². The average Bonchev–Trinajstić information content (AvgIpc) is 3.51. The number of hydrogen-bond donors (Lipinski definition) is 3. The third kappa shape index (κ3) is 5.05. The summed E-state index contributed by atoms with van der Waals surface area (Å²) in [7, 11) is 0. The highest BCUT2D eigenvalue weighted by Crippen LogP contribution is 2.32. The molecule has 0 atom stereocenters. The average molecular weight is 463 g/mol. The molecule has 1 saturated heterocycles. The van der Waals surface area contributed by atoms with Gasteiger partial charge in [-0.15, -0.1) is 0 Å². The van der Waals surface area contributed by atoms with Gasteiger partial charge in [-0.2, -0.15) is 4.98 Å². The van der Waals surface area contributed by atoms with Gasteiger partial charge in [0.2, 0.25) is 5.95 Å². The number of benzene rings is 2. The Morgan fingerprint density at radius 1 is 1.06 bits per heavy atom. The molecule has 170 valence electrons. The highest BCUT2D eigenvalue weighted by Gasteiger charge is 2.12. The fraction of sp³-hybridized carbons (Fsp3) is 0.280. The van der Waals surface area contributed by atoms with E-state index in [4.69, 9.17) is 16.3 Å². The third-order valence-electron chi connectivity index (χ3n) is 5.87. The van der Waals surface area contributed by atoms with E-state index in [-0.39, 0.29) is 0 Å². The molecular weight excluding hydrogens is 436 g/mol. The molecule has 2 aromatic heterocycles. The number of nitrogens with one attached hydrogen (secondary N) is 3. The van der Waals surface area contributed by atoms with E-state index >= 15 is 0 Å². The number of aromatic amines is 1. The van der Waals surface area contributed by atoms with Gasteiger partial charge < -0.3 is 20.4 Å². The molecule has 8 heteroatoms. The Morgan fingerprint density at radius 2 is 1.88 bits per heavy atom. The molecular formula is C25H27ClN6O. The summed E-state index contributed by atoms with van der Waals surface area (Å²) in [6.07, 6.45) is 6.26. The summed E-state index contributed by atoms with van der Waals surface area (Å²) in [5.74, 6) is 2.06. The van der Waals surface area contributed by atoms with Crippen LogP contribution in [0.4, 0.5) is 23.1 Å². The van der Waals surface area contributed by atoms with E-state index < -0.39 is 0 Å². The molecule has 7 nitrogen and oxygen atoms in total. The van der Waals surface area contributed by atoms with Crippen LogP contribution in [-0.4, -0.2) is 46.1 Å². The van der Waals surface area contributed by atoms with Crippen molar-refractivity contribution in [1.82, 2.24) is 19.9 Å². The van der Waals surface area contributed by atoms with Crippen molar-refractivity contribution in [3.05, 3.63) is 65.4 Å². The molecule has 1 aliphatic rings. The van der Waals surface area contributed by atoms with Crippen LogP contribution >= 0.6 is 11.6 Å².